The fourth-order valence-corrected chi connectivity index (χ4v) is 3.12. The van der Waals surface area contributed by atoms with E-state index in [2.05, 4.69) is 23.2 Å². The number of anilines is 1. The van der Waals surface area contributed by atoms with E-state index in [1.807, 2.05) is 44.2 Å². The Labute approximate surface area is 158 Å². The number of hydrogen-bond donors (Lipinski definition) is 1. The lowest BCUT2D eigenvalue weighted by Gasteiger charge is -2.21. The lowest BCUT2D eigenvalue weighted by Crippen LogP contribution is -2.35. The largest absolute Gasteiger partial charge is 0.351 e. The van der Waals surface area contributed by atoms with Gasteiger partial charge in [0.2, 0.25) is 0 Å². The predicted octanol–water partition coefficient (Wildman–Crippen LogP) is 5.10. The molecule has 0 aliphatic rings. The predicted molar refractivity (Wildman–Crippen MR) is 106 cm³/mol. The molecule has 3 aromatic rings. The molecule has 2 aromatic carbocycles. The van der Waals surface area contributed by atoms with Crippen LogP contribution in [0, 0.1) is 13.8 Å². The van der Waals surface area contributed by atoms with Crippen molar-refractivity contribution in [3.8, 4) is 11.3 Å². The monoisotopic (exact) mass is 365 g/mol. The van der Waals surface area contributed by atoms with Crippen LogP contribution in [0.1, 0.15) is 16.7 Å². The number of carbonyl (C=O) groups is 1. The molecule has 132 valence electrons. The summed E-state index contributed by atoms with van der Waals surface area (Å²) in [5.74, 6) is 0.495. The zero-order valence-electron chi connectivity index (χ0n) is 14.7. The summed E-state index contributed by atoms with van der Waals surface area (Å²) in [6, 6.07) is 18.6. The van der Waals surface area contributed by atoms with Gasteiger partial charge in [0.15, 0.2) is 0 Å². The van der Waals surface area contributed by atoms with Crippen LogP contribution in [0.4, 0.5) is 10.6 Å². The first kappa shape index (κ1) is 18.0. The number of urea groups is 1. The van der Waals surface area contributed by atoms with Gasteiger partial charge in [0, 0.05) is 10.6 Å². The van der Waals surface area contributed by atoms with E-state index in [0.717, 1.165) is 27.9 Å². The molecular formula is C21H20ClN3O. The molecule has 26 heavy (non-hydrogen) atoms. The summed E-state index contributed by atoms with van der Waals surface area (Å²) in [7, 11) is 0. The van der Waals surface area contributed by atoms with E-state index in [4.69, 9.17) is 17.3 Å². The van der Waals surface area contributed by atoms with Gasteiger partial charge in [-0.2, -0.15) is 0 Å². The van der Waals surface area contributed by atoms with Crippen LogP contribution >= 0.6 is 11.6 Å². The van der Waals surface area contributed by atoms with Gasteiger partial charge in [-0.1, -0.05) is 53.1 Å². The van der Waals surface area contributed by atoms with Crippen LogP contribution in [0.25, 0.3) is 11.3 Å². The minimum Gasteiger partial charge on any atom is -0.351 e. The molecule has 0 atom stereocenters. The van der Waals surface area contributed by atoms with Crippen molar-refractivity contribution < 1.29 is 4.79 Å². The van der Waals surface area contributed by atoms with E-state index in [9.17, 15) is 4.79 Å². The maximum atomic E-state index is 12.0. The molecule has 4 nitrogen and oxygen atoms in total. The number of aromatic nitrogens is 1. The molecule has 3 rings (SSSR count). The molecule has 0 saturated heterocycles. The SMILES string of the molecule is Cc1cc(C)cc(-c2cccc(N(Cc3ccccc3Cl)C(N)=O)n2)c1. The van der Waals surface area contributed by atoms with Gasteiger partial charge >= 0.3 is 6.03 Å². The molecule has 0 bridgehead atoms. The van der Waals surface area contributed by atoms with Crippen molar-refractivity contribution >= 4 is 23.4 Å². The van der Waals surface area contributed by atoms with Crippen LogP contribution in [-0.4, -0.2) is 11.0 Å². The fraction of sp³-hybridized carbons (Fsp3) is 0.143. The molecule has 0 radical (unpaired) electrons. The third-order valence-corrected chi connectivity index (χ3v) is 4.45. The second kappa shape index (κ2) is 7.58. The highest BCUT2D eigenvalue weighted by Crippen LogP contribution is 2.25. The lowest BCUT2D eigenvalue weighted by molar-refractivity contribution is 0.253. The first-order valence-electron chi connectivity index (χ1n) is 8.30. The summed E-state index contributed by atoms with van der Waals surface area (Å²) in [5, 5.41) is 0.587. The summed E-state index contributed by atoms with van der Waals surface area (Å²) in [4.78, 5) is 18.1. The van der Waals surface area contributed by atoms with Crippen LogP contribution in [0.3, 0.4) is 0 Å². The van der Waals surface area contributed by atoms with Crippen molar-refractivity contribution in [2.24, 2.45) is 5.73 Å². The Kier molecular flexibility index (Phi) is 5.24. The molecular weight excluding hydrogens is 346 g/mol. The Bertz CT molecular complexity index is 935. The van der Waals surface area contributed by atoms with Crippen molar-refractivity contribution in [3.05, 3.63) is 82.4 Å². The van der Waals surface area contributed by atoms with Crippen LogP contribution in [0.2, 0.25) is 5.02 Å². The van der Waals surface area contributed by atoms with Crippen molar-refractivity contribution in [1.29, 1.82) is 0 Å². The highest BCUT2D eigenvalue weighted by atomic mass is 35.5. The first-order chi connectivity index (χ1) is 12.4. The average Bonchev–Trinajstić information content (AvgIpc) is 2.60. The van der Waals surface area contributed by atoms with Crippen LogP contribution < -0.4 is 10.6 Å². The van der Waals surface area contributed by atoms with Crippen molar-refractivity contribution in [2.45, 2.75) is 20.4 Å². The van der Waals surface area contributed by atoms with Crippen molar-refractivity contribution in [3.63, 3.8) is 0 Å². The van der Waals surface area contributed by atoms with E-state index in [0.29, 0.717) is 10.8 Å². The lowest BCUT2D eigenvalue weighted by atomic mass is 10.0. The van der Waals surface area contributed by atoms with Gasteiger partial charge in [-0.05, 0) is 49.7 Å². The molecule has 0 spiro atoms. The molecule has 2 amide bonds. The van der Waals surface area contributed by atoms with E-state index < -0.39 is 6.03 Å². The third-order valence-electron chi connectivity index (χ3n) is 4.08. The van der Waals surface area contributed by atoms with Crippen molar-refractivity contribution in [1.82, 2.24) is 4.98 Å². The van der Waals surface area contributed by atoms with Gasteiger partial charge in [-0.15, -0.1) is 0 Å². The molecule has 5 heteroatoms. The third kappa shape index (κ3) is 4.03. The second-order valence-electron chi connectivity index (χ2n) is 6.27. The summed E-state index contributed by atoms with van der Waals surface area (Å²) in [6.45, 7) is 4.36. The second-order valence-corrected chi connectivity index (χ2v) is 6.68. The Hall–Kier alpha value is -2.85. The highest BCUT2D eigenvalue weighted by molar-refractivity contribution is 6.31. The molecule has 1 heterocycles. The van der Waals surface area contributed by atoms with E-state index in [1.54, 1.807) is 12.1 Å². The number of halogens is 1. The Morgan fingerprint density at radius 3 is 2.38 bits per heavy atom. The smallest absolute Gasteiger partial charge is 0.320 e. The summed E-state index contributed by atoms with van der Waals surface area (Å²) in [5.41, 5.74) is 10.5. The van der Waals surface area contributed by atoms with Gasteiger partial charge < -0.3 is 5.73 Å². The van der Waals surface area contributed by atoms with Crippen LogP contribution in [-0.2, 0) is 6.54 Å². The minimum absolute atomic E-state index is 0.262. The number of carbonyl (C=O) groups excluding carboxylic acids is 1. The van der Waals surface area contributed by atoms with E-state index >= 15 is 0 Å². The van der Waals surface area contributed by atoms with Gasteiger partial charge in [0.1, 0.15) is 5.82 Å². The van der Waals surface area contributed by atoms with Gasteiger partial charge in [-0.25, -0.2) is 9.78 Å². The number of nitrogens with zero attached hydrogens (tertiary/aromatic N) is 2. The number of nitrogens with two attached hydrogens (primary N) is 1. The maximum Gasteiger partial charge on any atom is 0.320 e. The quantitative estimate of drug-likeness (QED) is 0.698. The number of rotatable bonds is 4. The van der Waals surface area contributed by atoms with Crippen LogP contribution in [0.5, 0.6) is 0 Å². The molecule has 0 aliphatic heterocycles. The summed E-state index contributed by atoms with van der Waals surface area (Å²) in [6.07, 6.45) is 0. The number of aryl methyl sites for hydroxylation is 2. The Balaban J connectivity index is 1.98. The minimum atomic E-state index is -0.574. The van der Waals surface area contributed by atoms with Gasteiger partial charge in [0.05, 0.1) is 12.2 Å². The molecule has 0 saturated carbocycles. The number of benzene rings is 2. The summed E-state index contributed by atoms with van der Waals surface area (Å²) >= 11 is 6.22. The number of primary amides is 1. The Morgan fingerprint density at radius 2 is 1.73 bits per heavy atom. The molecule has 2 N–H and O–H groups in total. The fourth-order valence-electron chi connectivity index (χ4n) is 2.93. The van der Waals surface area contributed by atoms with Crippen molar-refractivity contribution in [2.75, 3.05) is 4.90 Å². The number of pyridine rings is 1. The topological polar surface area (TPSA) is 59.2 Å². The normalized spacial score (nSPS) is 10.6. The Morgan fingerprint density at radius 1 is 1.04 bits per heavy atom. The van der Waals surface area contributed by atoms with Gasteiger partial charge in [0.25, 0.3) is 0 Å². The van der Waals surface area contributed by atoms with Gasteiger partial charge in [-0.3, -0.25) is 4.90 Å². The highest BCUT2D eigenvalue weighted by Gasteiger charge is 2.16. The molecule has 1 aromatic heterocycles. The average molecular weight is 366 g/mol. The maximum absolute atomic E-state index is 12.0. The van der Waals surface area contributed by atoms with E-state index in [-0.39, 0.29) is 6.54 Å². The first-order valence-corrected chi connectivity index (χ1v) is 8.68. The molecule has 0 unspecified atom stereocenters. The standard InChI is InChI=1S/C21H20ClN3O/c1-14-10-15(2)12-17(11-14)19-8-5-9-20(24-19)25(21(23)26)13-16-6-3-4-7-18(16)22/h3-12H,13H2,1-2H3,(H2,23,26). The zero-order valence-corrected chi connectivity index (χ0v) is 15.5. The number of hydrogen-bond acceptors (Lipinski definition) is 2. The molecule has 0 aliphatic carbocycles. The molecule has 0 fully saturated rings. The van der Waals surface area contributed by atoms with E-state index in [1.165, 1.54) is 4.90 Å². The number of amides is 2. The summed E-state index contributed by atoms with van der Waals surface area (Å²) < 4.78 is 0. The zero-order chi connectivity index (χ0) is 18.7. The van der Waals surface area contributed by atoms with Crippen LogP contribution in [0.15, 0.2) is 60.7 Å².